The first kappa shape index (κ1) is 16.8. The second-order valence-electron chi connectivity index (χ2n) is 7.00. The minimum atomic E-state index is -0.450. The van der Waals surface area contributed by atoms with Gasteiger partial charge in [-0.15, -0.1) is 0 Å². The number of amides is 1. The van der Waals surface area contributed by atoms with Crippen LogP contribution in [0, 0.1) is 17.8 Å². The van der Waals surface area contributed by atoms with Crippen molar-refractivity contribution >= 4 is 12.4 Å². The van der Waals surface area contributed by atoms with Crippen LogP contribution in [0.2, 0.25) is 0 Å². The topological polar surface area (TPSA) is 55.8 Å². The van der Waals surface area contributed by atoms with E-state index >= 15 is 0 Å². The Balaban J connectivity index is 1.66. The van der Waals surface area contributed by atoms with Gasteiger partial charge in [-0.25, -0.2) is 4.79 Å². The molecule has 0 N–H and O–H groups in total. The zero-order valence-corrected chi connectivity index (χ0v) is 13.6. The molecule has 0 bridgehead atoms. The van der Waals surface area contributed by atoms with Gasteiger partial charge in [-0.2, -0.15) is 0 Å². The minimum Gasteiger partial charge on any atom is -0.444 e. The number of hydrogen-bond donors (Lipinski definition) is 0. The zero-order chi connectivity index (χ0) is 16.2. The van der Waals surface area contributed by atoms with Crippen molar-refractivity contribution in [2.24, 2.45) is 5.92 Å². The minimum absolute atomic E-state index is 0.212. The molecule has 2 aliphatic rings. The van der Waals surface area contributed by atoms with Crippen molar-refractivity contribution in [1.82, 2.24) is 4.90 Å². The molecule has 5 nitrogen and oxygen atoms in total. The van der Waals surface area contributed by atoms with Crippen LogP contribution in [0.1, 0.15) is 46.5 Å². The normalized spacial score (nSPS) is 25.7. The second-order valence-corrected chi connectivity index (χ2v) is 7.00. The highest BCUT2D eigenvalue weighted by atomic mass is 16.6. The summed E-state index contributed by atoms with van der Waals surface area (Å²) in [6.07, 6.45) is 4.38. The molecule has 22 heavy (non-hydrogen) atoms. The second kappa shape index (κ2) is 7.15. The summed E-state index contributed by atoms with van der Waals surface area (Å²) in [6, 6.07) is 0. The number of carbonyl (C=O) groups excluding carboxylic acids is 2. The van der Waals surface area contributed by atoms with Crippen LogP contribution in [0.15, 0.2) is 0 Å². The van der Waals surface area contributed by atoms with Gasteiger partial charge in [-0.05, 0) is 52.4 Å². The Kier molecular flexibility index (Phi) is 5.47. The number of ether oxygens (including phenoxy) is 2. The average Bonchev–Trinajstić information content (AvgIpc) is 2.40. The molecule has 0 atom stereocenters. The van der Waals surface area contributed by atoms with Crippen molar-refractivity contribution in [2.45, 2.75) is 64.3 Å². The number of aldehydes is 1. The summed E-state index contributed by atoms with van der Waals surface area (Å²) in [5.41, 5.74) is -0.450. The number of piperidine rings is 1. The highest BCUT2D eigenvalue weighted by Crippen LogP contribution is 2.32. The lowest BCUT2D eigenvalue weighted by Gasteiger charge is -2.38. The maximum Gasteiger partial charge on any atom is 0.410 e. The summed E-state index contributed by atoms with van der Waals surface area (Å²) in [4.78, 5) is 23.9. The summed E-state index contributed by atoms with van der Waals surface area (Å²) in [7, 11) is 0. The molecular formula is C17H25NO4. The van der Waals surface area contributed by atoms with Gasteiger partial charge in [0.25, 0.3) is 0 Å². The Morgan fingerprint density at radius 2 is 1.82 bits per heavy atom. The summed E-state index contributed by atoms with van der Waals surface area (Å²) in [6.45, 7) is 6.99. The Bertz CT molecular complexity index is 457. The molecule has 0 aromatic heterocycles. The highest BCUT2D eigenvalue weighted by molar-refractivity contribution is 5.72. The van der Waals surface area contributed by atoms with Gasteiger partial charge in [0, 0.05) is 19.0 Å². The van der Waals surface area contributed by atoms with Gasteiger partial charge in [0.1, 0.15) is 5.60 Å². The molecule has 1 saturated carbocycles. The van der Waals surface area contributed by atoms with E-state index in [0.717, 1.165) is 25.7 Å². The van der Waals surface area contributed by atoms with Crippen LogP contribution in [0.5, 0.6) is 0 Å². The molecule has 1 aliphatic carbocycles. The van der Waals surface area contributed by atoms with Gasteiger partial charge < -0.3 is 14.4 Å². The van der Waals surface area contributed by atoms with Gasteiger partial charge in [0.2, 0.25) is 0 Å². The molecule has 0 spiro atoms. The van der Waals surface area contributed by atoms with Gasteiger partial charge in [0.05, 0.1) is 12.2 Å². The molecule has 1 amide bonds. The van der Waals surface area contributed by atoms with Crippen LogP contribution in [0.3, 0.4) is 0 Å². The van der Waals surface area contributed by atoms with Crippen molar-refractivity contribution in [3.8, 4) is 11.8 Å². The third-order valence-electron chi connectivity index (χ3n) is 3.92. The van der Waals surface area contributed by atoms with E-state index in [2.05, 4.69) is 11.8 Å². The molecule has 1 aliphatic heterocycles. The third kappa shape index (κ3) is 5.03. The summed E-state index contributed by atoms with van der Waals surface area (Å²) in [5, 5.41) is 0. The lowest BCUT2D eigenvalue weighted by molar-refractivity contribution is -0.103. The Labute approximate surface area is 132 Å². The standard InChI is InChI=1S/C17H25NO4/c1-17(2,3)22-16(20)18-8-6-14(7-9-18)21-15-11-13(12-15)5-4-10-19/h10,13-15H,6-9,11-12H2,1-3H3/t13-,15-. The van der Waals surface area contributed by atoms with E-state index in [1.54, 1.807) is 4.90 Å². The Morgan fingerprint density at radius 1 is 1.18 bits per heavy atom. The van der Waals surface area contributed by atoms with Crippen LogP contribution in [0.4, 0.5) is 4.79 Å². The van der Waals surface area contributed by atoms with Crippen LogP contribution >= 0.6 is 0 Å². The van der Waals surface area contributed by atoms with Crippen molar-refractivity contribution in [2.75, 3.05) is 13.1 Å². The van der Waals surface area contributed by atoms with E-state index < -0.39 is 5.60 Å². The fourth-order valence-corrected chi connectivity index (χ4v) is 2.72. The zero-order valence-electron chi connectivity index (χ0n) is 13.6. The van der Waals surface area contributed by atoms with Gasteiger partial charge in [0.15, 0.2) is 6.29 Å². The number of hydrogen-bond acceptors (Lipinski definition) is 4. The van der Waals surface area contributed by atoms with E-state index in [1.807, 2.05) is 20.8 Å². The highest BCUT2D eigenvalue weighted by Gasteiger charge is 2.33. The summed E-state index contributed by atoms with van der Waals surface area (Å²) in [5.74, 6) is 5.68. The molecule has 2 fully saturated rings. The van der Waals surface area contributed by atoms with Gasteiger partial charge in [-0.1, -0.05) is 5.92 Å². The summed E-state index contributed by atoms with van der Waals surface area (Å²) >= 11 is 0. The molecule has 5 heteroatoms. The van der Waals surface area contributed by atoms with E-state index in [1.165, 1.54) is 0 Å². The number of carbonyl (C=O) groups is 2. The van der Waals surface area contributed by atoms with Crippen molar-refractivity contribution in [1.29, 1.82) is 0 Å². The molecule has 122 valence electrons. The molecule has 1 heterocycles. The first-order valence-corrected chi connectivity index (χ1v) is 7.95. The van der Waals surface area contributed by atoms with Crippen LogP contribution in [0.25, 0.3) is 0 Å². The molecular weight excluding hydrogens is 282 g/mol. The molecule has 0 radical (unpaired) electrons. The molecule has 0 aromatic rings. The monoisotopic (exact) mass is 307 g/mol. The van der Waals surface area contributed by atoms with Crippen molar-refractivity contribution < 1.29 is 19.1 Å². The smallest absolute Gasteiger partial charge is 0.410 e. The Hall–Kier alpha value is -1.54. The fraction of sp³-hybridized carbons (Fsp3) is 0.765. The molecule has 2 rings (SSSR count). The fourth-order valence-electron chi connectivity index (χ4n) is 2.72. The predicted octanol–water partition coefficient (Wildman–Crippen LogP) is 2.38. The lowest BCUT2D eigenvalue weighted by Crippen LogP contribution is -2.45. The third-order valence-corrected chi connectivity index (χ3v) is 3.92. The maximum absolute atomic E-state index is 12.0. The van der Waals surface area contributed by atoms with Crippen molar-refractivity contribution in [3.63, 3.8) is 0 Å². The lowest BCUT2D eigenvalue weighted by atomic mass is 9.82. The van der Waals surface area contributed by atoms with Gasteiger partial charge >= 0.3 is 6.09 Å². The van der Waals surface area contributed by atoms with Crippen LogP contribution in [-0.4, -0.2) is 48.2 Å². The number of nitrogens with zero attached hydrogens (tertiary/aromatic N) is 1. The van der Waals surface area contributed by atoms with Gasteiger partial charge in [-0.3, -0.25) is 4.79 Å². The number of likely N-dealkylation sites (tertiary alicyclic amines) is 1. The predicted molar refractivity (Wildman–Crippen MR) is 82.3 cm³/mol. The van der Waals surface area contributed by atoms with E-state index in [-0.39, 0.29) is 18.3 Å². The first-order chi connectivity index (χ1) is 10.4. The quantitative estimate of drug-likeness (QED) is 0.580. The van der Waals surface area contributed by atoms with Crippen molar-refractivity contribution in [3.05, 3.63) is 0 Å². The molecule has 0 unspecified atom stereocenters. The van der Waals surface area contributed by atoms with Crippen LogP contribution in [-0.2, 0) is 14.3 Å². The SMILES string of the molecule is CC(C)(C)OC(=O)N1CCC(O[C@H]2C[C@H](C#CC=O)C2)CC1. The number of rotatable bonds is 2. The Morgan fingerprint density at radius 3 is 2.36 bits per heavy atom. The van der Waals surface area contributed by atoms with E-state index in [9.17, 15) is 9.59 Å². The first-order valence-electron chi connectivity index (χ1n) is 7.95. The average molecular weight is 307 g/mol. The molecule has 0 aromatic carbocycles. The van der Waals surface area contributed by atoms with E-state index in [4.69, 9.17) is 9.47 Å². The molecule has 1 saturated heterocycles. The maximum atomic E-state index is 12.0. The largest absolute Gasteiger partial charge is 0.444 e. The summed E-state index contributed by atoms with van der Waals surface area (Å²) < 4.78 is 11.4. The van der Waals surface area contributed by atoms with Crippen LogP contribution < -0.4 is 0 Å². The van der Waals surface area contributed by atoms with E-state index in [0.29, 0.717) is 25.3 Å².